The fourth-order valence-corrected chi connectivity index (χ4v) is 3.47. The van der Waals surface area contributed by atoms with Crippen LogP contribution in [0.3, 0.4) is 0 Å². The number of Topliss-reactive ketones (excluding diaryl/α,β-unsaturated/α-hetero) is 1. The lowest BCUT2D eigenvalue weighted by molar-refractivity contribution is -0.116. The predicted molar refractivity (Wildman–Crippen MR) is 109 cm³/mol. The maximum absolute atomic E-state index is 12.9. The van der Waals surface area contributed by atoms with Crippen LogP contribution in [0.25, 0.3) is 0 Å². The van der Waals surface area contributed by atoms with E-state index in [9.17, 15) is 14.7 Å². The number of unbranched alkanes of at least 4 members (excludes halogenated alkanes) is 2. The smallest absolute Gasteiger partial charge is 0.224 e. The number of hydrogen-bond acceptors (Lipinski definition) is 4. The van der Waals surface area contributed by atoms with Gasteiger partial charge in [0.25, 0.3) is 0 Å². The van der Waals surface area contributed by atoms with Crippen molar-refractivity contribution in [3.05, 3.63) is 46.8 Å². The molecule has 0 heterocycles. The monoisotopic (exact) mass is 374 g/mol. The molecule has 0 spiro atoms. The number of allylic oxidation sites excluding steroid dienone is 3. The van der Waals surface area contributed by atoms with Crippen molar-refractivity contribution in [1.82, 2.24) is 0 Å². The molecule has 2 atom stereocenters. The standard InChI is InChI=1S/C23H34O4/c1-7-8-9-10-18-20(14-24)21(25)19(23(27-6)22(18)26)13-17(16(4)5)12-11-15(2)3/h14,17,21,25H,2,4,7-13H2,1,3,5-6H3. The summed E-state index contributed by atoms with van der Waals surface area (Å²) in [7, 11) is 1.44. The van der Waals surface area contributed by atoms with Crippen molar-refractivity contribution in [2.45, 2.75) is 71.8 Å². The third kappa shape index (κ3) is 6.03. The van der Waals surface area contributed by atoms with Crippen LogP contribution in [-0.2, 0) is 14.3 Å². The molecule has 0 aromatic carbocycles. The van der Waals surface area contributed by atoms with E-state index in [1.807, 2.05) is 13.8 Å². The van der Waals surface area contributed by atoms with Crippen LogP contribution in [-0.4, -0.2) is 30.4 Å². The number of rotatable bonds is 12. The number of aliphatic hydroxyl groups excluding tert-OH is 1. The highest BCUT2D eigenvalue weighted by molar-refractivity contribution is 6.12. The number of carbonyl (C=O) groups excluding carboxylic acids is 2. The Hall–Kier alpha value is -1.94. The van der Waals surface area contributed by atoms with E-state index in [2.05, 4.69) is 20.1 Å². The molecule has 0 bridgehead atoms. The fraction of sp³-hybridized carbons (Fsp3) is 0.565. The minimum Gasteiger partial charge on any atom is -0.493 e. The first-order valence-electron chi connectivity index (χ1n) is 9.76. The van der Waals surface area contributed by atoms with E-state index in [-0.39, 0.29) is 23.0 Å². The van der Waals surface area contributed by atoms with Crippen LogP contribution >= 0.6 is 0 Å². The summed E-state index contributed by atoms with van der Waals surface area (Å²) in [6.07, 6.45) is 4.92. The second-order valence-corrected chi connectivity index (χ2v) is 7.54. The van der Waals surface area contributed by atoms with Crippen LogP contribution < -0.4 is 0 Å². The number of methoxy groups -OCH3 is 1. The highest BCUT2D eigenvalue weighted by Crippen LogP contribution is 2.36. The van der Waals surface area contributed by atoms with Gasteiger partial charge in [-0.25, -0.2) is 0 Å². The van der Waals surface area contributed by atoms with Gasteiger partial charge in [0.2, 0.25) is 5.78 Å². The largest absolute Gasteiger partial charge is 0.493 e. The molecule has 0 aromatic rings. The predicted octanol–water partition coefficient (Wildman–Crippen LogP) is 4.85. The van der Waals surface area contributed by atoms with E-state index >= 15 is 0 Å². The molecule has 1 aliphatic carbocycles. The van der Waals surface area contributed by atoms with E-state index in [0.29, 0.717) is 30.3 Å². The second-order valence-electron chi connectivity index (χ2n) is 7.54. The van der Waals surface area contributed by atoms with E-state index in [1.165, 1.54) is 7.11 Å². The van der Waals surface area contributed by atoms with Gasteiger partial charge in [-0.15, -0.1) is 6.58 Å². The van der Waals surface area contributed by atoms with Crippen molar-refractivity contribution in [2.75, 3.05) is 7.11 Å². The van der Waals surface area contributed by atoms with Crippen molar-refractivity contribution in [1.29, 1.82) is 0 Å². The van der Waals surface area contributed by atoms with E-state index in [0.717, 1.165) is 43.3 Å². The molecule has 1 aliphatic rings. The summed E-state index contributed by atoms with van der Waals surface area (Å²) in [5.74, 6) is -0.00335. The van der Waals surface area contributed by atoms with Crippen LogP contribution in [0.2, 0.25) is 0 Å². The average molecular weight is 375 g/mol. The summed E-state index contributed by atoms with van der Waals surface area (Å²) < 4.78 is 5.39. The van der Waals surface area contributed by atoms with Gasteiger partial charge in [0.05, 0.1) is 7.11 Å². The first-order valence-corrected chi connectivity index (χ1v) is 9.76. The quantitative estimate of drug-likeness (QED) is 0.301. The van der Waals surface area contributed by atoms with Crippen molar-refractivity contribution in [3.8, 4) is 0 Å². The average Bonchev–Trinajstić information content (AvgIpc) is 2.61. The normalized spacial score (nSPS) is 18.6. The number of aldehydes is 1. The lowest BCUT2D eigenvalue weighted by Gasteiger charge is -2.29. The van der Waals surface area contributed by atoms with Crippen LogP contribution in [0, 0.1) is 5.92 Å². The fourth-order valence-electron chi connectivity index (χ4n) is 3.47. The first kappa shape index (κ1) is 23.1. The van der Waals surface area contributed by atoms with Crippen molar-refractivity contribution >= 4 is 12.1 Å². The highest BCUT2D eigenvalue weighted by Gasteiger charge is 2.36. The zero-order chi connectivity index (χ0) is 20.6. The van der Waals surface area contributed by atoms with Gasteiger partial charge in [0, 0.05) is 16.7 Å². The molecule has 4 nitrogen and oxygen atoms in total. The number of ether oxygens (including phenoxy) is 1. The zero-order valence-corrected chi connectivity index (χ0v) is 17.3. The van der Waals surface area contributed by atoms with Crippen molar-refractivity contribution < 1.29 is 19.4 Å². The molecule has 1 rings (SSSR count). The Morgan fingerprint density at radius 3 is 2.44 bits per heavy atom. The molecule has 0 aromatic heterocycles. The third-order valence-corrected chi connectivity index (χ3v) is 5.19. The van der Waals surface area contributed by atoms with Crippen LogP contribution in [0.4, 0.5) is 0 Å². The SMILES string of the molecule is C=C(C)CCC(CC1=C(OC)C(=O)C(CCCCC)=C(C=O)C1O)C(=C)C. The summed E-state index contributed by atoms with van der Waals surface area (Å²) in [5, 5.41) is 10.9. The number of carbonyl (C=O) groups is 2. The van der Waals surface area contributed by atoms with Gasteiger partial charge in [-0.1, -0.05) is 37.5 Å². The molecule has 4 heteroatoms. The summed E-state index contributed by atoms with van der Waals surface area (Å²) in [6.45, 7) is 14.0. The molecule has 0 saturated carbocycles. The minimum absolute atomic E-state index is 0.0823. The molecule has 0 aliphatic heterocycles. The van der Waals surface area contributed by atoms with Crippen LogP contribution in [0.5, 0.6) is 0 Å². The zero-order valence-electron chi connectivity index (χ0n) is 17.3. The van der Waals surface area contributed by atoms with E-state index < -0.39 is 6.10 Å². The molecule has 1 N–H and O–H groups in total. The molecule has 150 valence electrons. The minimum atomic E-state index is -1.10. The van der Waals surface area contributed by atoms with Gasteiger partial charge < -0.3 is 9.84 Å². The highest BCUT2D eigenvalue weighted by atomic mass is 16.5. The van der Waals surface area contributed by atoms with Gasteiger partial charge in [-0.2, -0.15) is 0 Å². The van der Waals surface area contributed by atoms with Crippen molar-refractivity contribution in [2.24, 2.45) is 5.92 Å². The maximum atomic E-state index is 12.9. The van der Waals surface area contributed by atoms with Gasteiger partial charge >= 0.3 is 0 Å². The van der Waals surface area contributed by atoms with Gasteiger partial charge in [0.15, 0.2) is 5.76 Å². The maximum Gasteiger partial charge on any atom is 0.224 e. The third-order valence-electron chi connectivity index (χ3n) is 5.19. The lowest BCUT2D eigenvalue weighted by Crippen LogP contribution is -2.30. The molecule has 0 fully saturated rings. The molecular weight excluding hydrogens is 340 g/mol. The Bertz CT molecular complexity index is 651. The number of hydrogen-bond donors (Lipinski definition) is 1. The summed E-state index contributed by atoms with van der Waals surface area (Å²) in [5.41, 5.74) is 3.12. The van der Waals surface area contributed by atoms with Gasteiger partial charge in [0.1, 0.15) is 12.4 Å². The molecule has 27 heavy (non-hydrogen) atoms. The number of aliphatic hydroxyl groups is 1. The van der Waals surface area contributed by atoms with E-state index in [1.54, 1.807) is 0 Å². The van der Waals surface area contributed by atoms with Gasteiger partial charge in [-0.3, -0.25) is 9.59 Å². The summed E-state index contributed by atoms with van der Waals surface area (Å²) in [4.78, 5) is 24.6. The molecule has 0 amide bonds. The Balaban J connectivity index is 3.19. The van der Waals surface area contributed by atoms with Crippen LogP contribution in [0.15, 0.2) is 46.8 Å². The van der Waals surface area contributed by atoms with Crippen molar-refractivity contribution in [3.63, 3.8) is 0 Å². The van der Waals surface area contributed by atoms with Gasteiger partial charge in [-0.05, 0) is 51.9 Å². The van der Waals surface area contributed by atoms with Crippen LogP contribution in [0.1, 0.15) is 65.7 Å². The summed E-state index contributed by atoms with van der Waals surface area (Å²) in [6, 6.07) is 0. The molecule has 2 unspecified atom stereocenters. The Morgan fingerprint density at radius 2 is 1.96 bits per heavy atom. The Kier molecular flexibility index (Phi) is 9.44. The first-order chi connectivity index (χ1) is 12.8. The Morgan fingerprint density at radius 1 is 1.30 bits per heavy atom. The molecule has 0 radical (unpaired) electrons. The Labute approximate surface area is 163 Å². The topological polar surface area (TPSA) is 63.6 Å². The second kappa shape index (κ2) is 11.0. The molecule has 0 saturated heterocycles. The molecular formula is C23H34O4. The summed E-state index contributed by atoms with van der Waals surface area (Å²) >= 11 is 0. The number of ketones is 1. The lowest BCUT2D eigenvalue weighted by atomic mass is 9.79. The van der Waals surface area contributed by atoms with E-state index in [4.69, 9.17) is 4.74 Å².